The lowest BCUT2D eigenvalue weighted by Crippen LogP contribution is -2.69. The zero-order chi connectivity index (χ0) is 24.5. The molecular weight excluding hydrogens is 424 g/mol. The molecule has 2 bridgehead atoms. The third kappa shape index (κ3) is 3.27. The van der Waals surface area contributed by atoms with Gasteiger partial charge in [0.1, 0.15) is 17.3 Å². The van der Waals surface area contributed by atoms with Crippen LogP contribution >= 0.6 is 0 Å². The van der Waals surface area contributed by atoms with Crippen molar-refractivity contribution in [3.8, 4) is 0 Å². The summed E-state index contributed by atoms with van der Waals surface area (Å²) in [5.74, 6) is 2.67. The maximum atomic E-state index is 11.6. The molecule has 2 heterocycles. The number of ether oxygens (including phenoxy) is 1. The van der Waals surface area contributed by atoms with E-state index in [1.165, 1.54) is 25.3 Å². The molecule has 4 aliphatic carbocycles. The van der Waals surface area contributed by atoms with Gasteiger partial charge in [-0.25, -0.2) is 9.78 Å². The predicted octanol–water partition coefficient (Wildman–Crippen LogP) is 6.96. The minimum absolute atomic E-state index is 0.115. The SMILES string of the molecule is CC(=O)O[C@@H]1CC[C@]2(C)C3=CC[C@]4(C)[C@H]([C@H](C)/C=C/[C@@H](C)C(C)C)CC[C@@H]4[C@@]34C=C[C@]2(C1)OO4. The van der Waals surface area contributed by atoms with Gasteiger partial charge in [-0.1, -0.05) is 59.8 Å². The summed E-state index contributed by atoms with van der Waals surface area (Å²) in [5.41, 5.74) is 0.489. The molecule has 2 saturated carbocycles. The van der Waals surface area contributed by atoms with E-state index < -0.39 is 11.2 Å². The summed E-state index contributed by atoms with van der Waals surface area (Å²) in [6.45, 7) is 15.7. The first-order valence-corrected chi connectivity index (χ1v) is 13.6. The molecule has 3 fully saturated rings. The fourth-order valence-corrected chi connectivity index (χ4v) is 8.33. The molecule has 2 aliphatic heterocycles. The van der Waals surface area contributed by atoms with Crippen LogP contribution in [0.5, 0.6) is 0 Å². The quantitative estimate of drug-likeness (QED) is 0.248. The molecule has 0 aromatic heterocycles. The lowest BCUT2D eigenvalue weighted by Gasteiger charge is -2.66. The van der Waals surface area contributed by atoms with Crippen LogP contribution in [0.2, 0.25) is 0 Å². The standard InChI is InChI=1S/C30H44O4/c1-19(2)20(3)8-9-21(4)24-10-11-25-27(24,6)14-13-26-28(7)15-12-23(32-22(5)31)18-29(28)16-17-30(25,26)34-33-29/h8-9,13,16-17,19-21,23-25H,10-12,14-15,18H2,1-7H3/b9-8+/t20-,21-,23-,24+,25+,27-,28-,29-,30+/m1/s1. The molecule has 188 valence electrons. The summed E-state index contributed by atoms with van der Waals surface area (Å²) in [5, 5.41) is 0. The zero-order valence-corrected chi connectivity index (χ0v) is 22.2. The average molecular weight is 469 g/mol. The minimum atomic E-state index is -0.548. The van der Waals surface area contributed by atoms with Gasteiger partial charge in [-0.15, -0.1) is 0 Å². The highest BCUT2D eigenvalue weighted by molar-refractivity contribution is 5.66. The normalized spacial score (nSPS) is 46.6. The Morgan fingerprint density at radius 1 is 1.09 bits per heavy atom. The third-order valence-corrected chi connectivity index (χ3v) is 10.8. The van der Waals surface area contributed by atoms with Crippen LogP contribution in [-0.2, 0) is 19.3 Å². The number of allylic oxidation sites excluding steroid dienone is 3. The second-order valence-corrected chi connectivity index (χ2v) is 12.9. The van der Waals surface area contributed by atoms with E-state index in [2.05, 4.69) is 71.9 Å². The van der Waals surface area contributed by atoms with Crippen LogP contribution in [0.3, 0.4) is 0 Å². The van der Waals surface area contributed by atoms with Crippen LogP contribution in [0.4, 0.5) is 0 Å². The fourth-order valence-electron chi connectivity index (χ4n) is 8.33. The first kappa shape index (κ1) is 24.3. The summed E-state index contributed by atoms with van der Waals surface area (Å²) in [6, 6.07) is 0. The predicted molar refractivity (Wildman–Crippen MR) is 134 cm³/mol. The third-order valence-electron chi connectivity index (χ3n) is 10.8. The van der Waals surface area contributed by atoms with E-state index in [0.29, 0.717) is 36.0 Å². The van der Waals surface area contributed by atoms with Crippen molar-refractivity contribution in [2.75, 3.05) is 0 Å². The average Bonchev–Trinajstić information content (AvgIpc) is 3.14. The van der Waals surface area contributed by atoms with Crippen LogP contribution in [0.15, 0.2) is 36.0 Å². The van der Waals surface area contributed by atoms with E-state index in [0.717, 1.165) is 19.3 Å². The van der Waals surface area contributed by atoms with Crippen LogP contribution in [0.25, 0.3) is 0 Å². The number of rotatable bonds is 5. The Bertz CT molecular complexity index is 932. The molecule has 0 aromatic rings. The van der Waals surface area contributed by atoms with Crippen LogP contribution in [0, 0.1) is 40.4 Å². The van der Waals surface area contributed by atoms with Crippen molar-refractivity contribution in [1.82, 2.24) is 0 Å². The Hall–Kier alpha value is -1.39. The molecule has 6 aliphatic rings. The Morgan fingerprint density at radius 2 is 1.85 bits per heavy atom. The molecule has 0 radical (unpaired) electrons. The Kier molecular flexibility index (Phi) is 5.76. The molecule has 0 unspecified atom stereocenters. The van der Waals surface area contributed by atoms with Gasteiger partial charge in [-0.3, -0.25) is 4.79 Å². The highest BCUT2D eigenvalue weighted by Crippen LogP contribution is 2.71. The molecule has 0 amide bonds. The molecule has 34 heavy (non-hydrogen) atoms. The Balaban J connectivity index is 1.45. The second kappa shape index (κ2) is 8.06. The van der Waals surface area contributed by atoms with E-state index in [1.807, 2.05) is 0 Å². The lowest BCUT2D eigenvalue weighted by molar-refractivity contribution is -0.455. The van der Waals surface area contributed by atoms with Gasteiger partial charge >= 0.3 is 5.97 Å². The van der Waals surface area contributed by atoms with Gasteiger partial charge in [0, 0.05) is 24.7 Å². The van der Waals surface area contributed by atoms with E-state index >= 15 is 0 Å². The van der Waals surface area contributed by atoms with Gasteiger partial charge in [0.05, 0.1) is 0 Å². The number of hydrogen-bond donors (Lipinski definition) is 0. The van der Waals surface area contributed by atoms with E-state index in [4.69, 9.17) is 14.5 Å². The molecule has 1 saturated heterocycles. The number of carbonyl (C=O) groups is 1. The Morgan fingerprint density at radius 3 is 2.50 bits per heavy atom. The number of fused-ring (bicyclic) bond motifs is 2. The molecule has 6 rings (SSSR count). The van der Waals surface area contributed by atoms with Gasteiger partial charge in [-0.05, 0) is 78.9 Å². The molecule has 0 N–H and O–H groups in total. The molecule has 4 heteroatoms. The van der Waals surface area contributed by atoms with Gasteiger partial charge in [0.2, 0.25) is 0 Å². The maximum absolute atomic E-state index is 11.6. The van der Waals surface area contributed by atoms with Crippen LogP contribution < -0.4 is 0 Å². The lowest BCUT2D eigenvalue weighted by atomic mass is 9.46. The van der Waals surface area contributed by atoms with Crippen molar-refractivity contribution in [2.45, 2.75) is 104 Å². The maximum Gasteiger partial charge on any atom is 0.302 e. The number of esters is 1. The summed E-state index contributed by atoms with van der Waals surface area (Å²) in [6.07, 6.45) is 17.9. The summed E-state index contributed by atoms with van der Waals surface area (Å²) < 4.78 is 5.61. The van der Waals surface area contributed by atoms with Gasteiger partial charge in [0.15, 0.2) is 0 Å². The highest BCUT2D eigenvalue weighted by Gasteiger charge is 2.72. The van der Waals surface area contributed by atoms with E-state index in [1.54, 1.807) is 0 Å². The molecule has 4 nitrogen and oxygen atoms in total. The summed E-state index contributed by atoms with van der Waals surface area (Å²) in [4.78, 5) is 24.5. The minimum Gasteiger partial charge on any atom is -0.462 e. The van der Waals surface area contributed by atoms with Crippen molar-refractivity contribution >= 4 is 5.97 Å². The second-order valence-electron chi connectivity index (χ2n) is 12.9. The van der Waals surface area contributed by atoms with E-state index in [-0.39, 0.29) is 22.9 Å². The monoisotopic (exact) mass is 468 g/mol. The van der Waals surface area contributed by atoms with Crippen molar-refractivity contribution in [3.05, 3.63) is 36.0 Å². The van der Waals surface area contributed by atoms with Gasteiger partial charge in [-0.2, -0.15) is 0 Å². The van der Waals surface area contributed by atoms with Gasteiger partial charge < -0.3 is 4.74 Å². The molecule has 9 atom stereocenters. The highest BCUT2D eigenvalue weighted by atomic mass is 17.2. The first-order chi connectivity index (χ1) is 16.0. The van der Waals surface area contributed by atoms with Crippen molar-refractivity contribution in [2.24, 2.45) is 40.4 Å². The first-order valence-electron chi connectivity index (χ1n) is 13.6. The van der Waals surface area contributed by atoms with Gasteiger partial charge in [0.25, 0.3) is 0 Å². The topological polar surface area (TPSA) is 44.8 Å². The van der Waals surface area contributed by atoms with Crippen molar-refractivity contribution < 1.29 is 19.3 Å². The summed E-state index contributed by atoms with van der Waals surface area (Å²) in [7, 11) is 0. The zero-order valence-electron chi connectivity index (χ0n) is 22.2. The molecule has 0 aromatic carbocycles. The van der Waals surface area contributed by atoms with Crippen LogP contribution in [0.1, 0.15) is 87.0 Å². The van der Waals surface area contributed by atoms with Crippen molar-refractivity contribution in [1.29, 1.82) is 0 Å². The fraction of sp³-hybridized carbons (Fsp3) is 0.767. The van der Waals surface area contributed by atoms with Crippen LogP contribution in [-0.4, -0.2) is 23.3 Å². The largest absolute Gasteiger partial charge is 0.462 e. The number of carbonyl (C=O) groups excluding carboxylic acids is 1. The number of hydrogen-bond acceptors (Lipinski definition) is 4. The summed E-state index contributed by atoms with van der Waals surface area (Å²) >= 11 is 0. The smallest absolute Gasteiger partial charge is 0.302 e. The Labute approximate surface area is 206 Å². The molecule has 2 spiro atoms. The molecular formula is C30H44O4. The van der Waals surface area contributed by atoms with Crippen molar-refractivity contribution in [3.63, 3.8) is 0 Å². The van der Waals surface area contributed by atoms with E-state index in [9.17, 15) is 4.79 Å².